The van der Waals surface area contributed by atoms with Gasteiger partial charge in [0.05, 0.1) is 21.9 Å². The molecule has 11 nitrogen and oxygen atoms in total. The van der Waals surface area contributed by atoms with E-state index in [-0.39, 0.29) is 11.6 Å². The van der Waals surface area contributed by atoms with Crippen LogP contribution < -0.4 is 25.0 Å². The summed E-state index contributed by atoms with van der Waals surface area (Å²) in [5.41, 5.74) is 3.75. The first kappa shape index (κ1) is 27.7. The smallest absolute Gasteiger partial charge is 0.271 e. The highest BCUT2D eigenvalue weighted by Gasteiger charge is 2.30. The van der Waals surface area contributed by atoms with Gasteiger partial charge in [0.1, 0.15) is 13.2 Å². The molecule has 0 saturated heterocycles. The van der Waals surface area contributed by atoms with Gasteiger partial charge < -0.3 is 29.9 Å². The number of nitrogens with zero attached hydrogens (tertiary/aromatic N) is 3. The minimum Gasteiger partial charge on any atom is -0.486 e. The molecule has 3 aromatic carbocycles. The molecule has 0 bridgehead atoms. The summed E-state index contributed by atoms with van der Waals surface area (Å²) < 4.78 is 11.5. The van der Waals surface area contributed by atoms with Crippen molar-refractivity contribution in [2.45, 2.75) is 13.3 Å². The second kappa shape index (κ2) is 11.7. The average molecular weight is 558 g/mol. The minimum absolute atomic E-state index is 0.0446. The van der Waals surface area contributed by atoms with E-state index in [9.17, 15) is 19.7 Å². The van der Waals surface area contributed by atoms with Gasteiger partial charge in [-0.05, 0) is 75.6 Å². The molecule has 2 aliphatic heterocycles. The van der Waals surface area contributed by atoms with E-state index in [2.05, 4.69) is 15.5 Å². The van der Waals surface area contributed by atoms with Crippen molar-refractivity contribution in [3.63, 3.8) is 0 Å². The number of nitro groups is 1. The number of benzene rings is 3. The second-order valence-corrected chi connectivity index (χ2v) is 10.0. The Bertz CT molecular complexity index is 1530. The van der Waals surface area contributed by atoms with Crippen LogP contribution in [0.2, 0.25) is 0 Å². The molecule has 0 aliphatic carbocycles. The first-order valence-corrected chi connectivity index (χ1v) is 13.3. The number of hydrogen-bond donors (Lipinski definition) is 2. The summed E-state index contributed by atoms with van der Waals surface area (Å²) in [5, 5.41) is 17.5. The third-order valence-corrected chi connectivity index (χ3v) is 6.85. The minimum atomic E-state index is -0.499. The quantitative estimate of drug-likeness (QED) is 0.222. The zero-order valence-corrected chi connectivity index (χ0v) is 23.1. The first-order chi connectivity index (χ1) is 19.7. The number of carbonyl (C=O) groups is 2. The van der Waals surface area contributed by atoms with Gasteiger partial charge in [0, 0.05) is 48.1 Å². The van der Waals surface area contributed by atoms with E-state index in [0.717, 1.165) is 18.7 Å². The van der Waals surface area contributed by atoms with Crippen molar-refractivity contribution in [1.29, 1.82) is 0 Å². The molecule has 0 fully saturated rings. The van der Waals surface area contributed by atoms with Crippen molar-refractivity contribution in [3.8, 4) is 11.5 Å². The third kappa shape index (κ3) is 5.99. The van der Waals surface area contributed by atoms with Crippen LogP contribution in [0.4, 0.5) is 22.7 Å². The Hall–Kier alpha value is -4.90. The lowest BCUT2D eigenvalue weighted by atomic mass is 9.99. The van der Waals surface area contributed by atoms with E-state index in [0.29, 0.717) is 65.0 Å². The number of carbonyl (C=O) groups excluding carboxylic acids is 2. The molecule has 0 spiro atoms. The van der Waals surface area contributed by atoms with Gasteiger partial charge in [-0.1, -0.05) is 0 Å². The van der Waals surface area contributed by atoms with Crippen LogP contribution in [-0.4, -0.2) is 62.0 Å². The van der Waals surface area contributed by atoms with Crippen LogP contribution in [0.1, 0.15) is 24.5 Å². The Morgan fingerprint density at radius 2 is 1.73 bits per heavy atom. The van der Waals surface area contributed by atoms with Crippen molar-refractivity contribution in [2.75, 3.05) is 55.9 Å². The highest BCUT2D eigenvalue weighted by molar-refractivity contribution is 6.37. The van der Waals surface area contributed by atoms with Crippen molar-refractivity contribution in [3.05, 3.63) is 81.9 Å². The molecule has 2 aliphatic rings. The maximum Gasteiger partial charge on any atom is 0.271 e. The number of amides is 2. The average Bonchev–Trinajstić information content (AvgIpc) is 3.28. The molecule has 3 aromatic rings. The zero-order chi connectivity index (χ0) is 29.1. The highest BCUT2D eigenvalue weighted by atomic mass is 16.6. The Kier molecular flexibility index (Phi) is 7.88. The first-order valence-electron chi connectivity index (χ1n) is 13.3. The molecule has 0 unspecified atom stereocenters. The van der Waals surface area contributed by atoms with Gasteiger partial charge in [0.25, 0.3) is 11.6 Å². The number of anilines is 3. The number of nitro benzene ring substituents is 1. The molecule has 41 heavy (non-hydrogen) atoms. The summed E-state index contributed by atoms with van der Waals surface area (Å²) >= 11 is 0. The van der Waals surface area contributed by atoms with Gasteiger partial charge >= 0.3 is 0 Å². The standard InChI is InChI=1S/C30H31N5O6/c1-19(36)34(14-4-13-33(2)3)22-8-6-21(7-9-22)31-29(20-5-12-26-27(17-20)41-16-15-40-26)28-24-11-10-23(35(38)39)18-25(24)32-30(28)37/h5-12,17-18,31H,4,13-16H2,1-3H3,(H,32,37)/b29-28-. The van der Waals surface area contributed by atoms with E-state index in [1.54, 1.807) is 30.0 Å². The summed E-state index contributed by atoms with van der Waals surface area (Å²) in [4.78, 5) is 40.3. The maximum atomic E-state index is 13.3. The molecule has 0 atom stereocenters. The van der Waals surface area contributed by atoms with Crippen LogP contribution in [-0.2, 0) is 9.59 Å². The van der Waals surface area contributed by atoms with E-state index >= 15 is 0 Å². The van der Waals surface area contributed by atoms with Crippen LogP contribution in [0.5, 0.6) is 11.5 Å². The van der Waals surface area contributed by atoms with Crippen LogP contribution in [0, 0.1) is 10.1 Å². The van der Waals surface area contributed by atoms with Crippen molar-refractivity contribution < 1.29 is 24.0 Å². The van der Waals surface area contributed by atoms with Gasteiger partial charge in [-0.3, -0.25) is 19.7 Å². The molecule has 212 valence electrons. The van der Waals surface area contributed by atoms with Crippen LogP contribution >= 0.6 is 0 Å². The SMILES string of the molecule is CC(=O)N(CCCN(C)C)c1ccc(N/C(=C2\C(=O)Nc3cc([N+](=O)[O-])ccc32)c2ccc3c(c2)OCCO3)cc1. The molecule has 2 heterocycles. The topological polar surface area (TPSA) is 126 Å². The molecule has 0 saturated carbocycles. The molecule has 2 amide bonds. The lowest BCUT2D eigenvalue weighted by Gasteiger charge is -2.23. The summed E-state index contributed by atoms with van der Waals surface area (Å²) in [5.74, 6) is 0.732. The number of fused-ring (bicyclic) bond motifs is 2. The van der Waals surface area contributed by atoms with Gasteiger partial charge in [-0.15, -0.1) is 0 Å². The molecule has 2 N–H and O–H groups in total. The highest BCUT2D eigenvalue weighted by Crippen LogP contribution is 2.41. The molecular formula is C30H31N5O6. The molecular weight excluding hydrogens is 526 g/mol. The Morgan fingerprint density at radius 3 is 2.41 bits per heavy atom. The van der Waals surface area contributed by atoms with Crippen LogP contribution in [0.15, 0.2) is 60.7 Å². The van der Waals surface area contributed by atoms with E-state index in [1.807, 2.05) is 44.4 Å². The molecule has 5 rings (SSSR count). The zero-order valence-electron chi connectivity index (χ0n) is 23.1. The van der Waals surface area contributed by atoms with Crippen molar-refractivity contribution >= 4 is 45.8 Å². The normalized spacial score (nSPS) is 14.8. The van der Waals surface area contributed by atoms with E-state index < -0.39 is 10.8 Å². The fourth-order valence-corrected chi connectivity index (χ4v) is 4.88. The van der Waals surface area contributed by atoms with Crippen LogP contribution in [0.3, 0.4) is 0 Å². The third-order valence-electron chi connectivity index (χ3n) is 6.85. The lowest BCUT2D eigenvalue weighted by molar-refractivity contribution is -0.384. The number of ether oxygens (including phenoxy) is 2. The van der Waals surface area contributed by atoms with Crippen LogP contribution in [0.25, 0.3) is 11.3 Å². The predicted octanol–water partition coefficient (Wildman–Crippen LogP) is 4.60. The van der Waals surface area contributed by atoms with Gasteiger partial charge in [0.2, 0.25) is 5.91 Å². The maximum absolute atomic E-state index is 13.3. The predicted molar refractivity (Wildman–Crippen MR) is 157 cm³/mol. The molecule has 11 heteroatoms. The number of non-ortho nitro benzene ring substituents is 1. The number of nitrogens with one attached hydrogen (secondary N) is 2. The fourth-order valence-electron chi connectivity index (χ4n) is 4.88. The van der Waals surface area contributed by atoms with Crippen molar-refractivity contribution in [1.82, 2.24) is 4.90 Å². The van der Waals surface area contributed by atoms with Crippen molar-refractivity contribution in [2.24, 2.45) is 0 Å². The number of hydrogen-bond acceptors (Lipinski definition) is 8. The largest absolute Gasteiger partial charge is 0.486 e. The second-order valence-electron chi connectivity index (χ2n) is 10.0. The number of rotatable bonds is 9. The van der Waals surface area contributed by atoms with E-state index in [4.69, 9.17) is 9.47 Å². The summed E-state index contributed by atoms with van der Waals surface area (Å²) in [6.45, 7) is 3.86. The Balaban J connectivity index is 1.53. The summed E-state index contributed by atoms with van der Waals surface area (Å²) in [6, 6.07) is 17.1. The fraction of sp³-hybridized carbons (Fsp3) is 0.267. The van der Waals surface area contributed by atoms with Gasteiger partial charge in [-0.2, -0.15) is 0 Å². The van der Waals surface area contributed by atoms with Gasteiger partial charge in [0.15, 0.2) is 11.5 Å². The summed E-state index contributed by atoms with van der Waals surface area (Å²) in [7, 11) is 3.99. The molecule has 0 aromatic heterocycles. The molecule has 0 radical (unpaired) electrons. The van der Waals surface area contributed by atoms with E-state index in [1.165, 1.54) is 12.1 Å². The monoisotopic (exact) mass is 557 g/mol. The Morgan fingerprint density at radius 1 is 1.00 bits per heavy atom. The summed E-state index contributed by atoms with van der Waals surface area (Å²) in [6.07, 6.45) is 0.833. The lowest BCUT2D eigenvalue weighted by Crippen LogP contribution is -2.31. The van der Waals surface area contributed by atoms with Gasteiger partial charge in [-0.25, -0.2) is 0 Å². The Labute approximate surface area is 237 Å².